The molecule has 2 aromatic carbocycles. The SMILES string of the molecule is O=C(CCn1nnc2ccccc2c1=O)Nc1ncc(Cc2ccc(Cl)cc2Cl)s1. The van der Waals surface area contributed by atoms with E-state index in [0.717, 1.165) is 10.4 Å². The van der Waals surface area contributed by atoms with E-state index in [4.69, 9.17) is 23.2 Å². The molecule has 0 saturated carbocycles. The maximum Gasteiger partial charge on any atom is 0.277 e. The maximum atomic E-state index is 12.4. The van der Waals surface area contributed by atoms with Crippen molar-refractivity contribution in [3.05, 3.63) is 79.5 Å². The Morgan fingerprint density at radius 3 is 2.83 bits per heavy atom. The van der Waals surface area contributed by atoms with Crippen LogP contribution in [0.4, 0.5) is 5.13 Å². The first-order valence-electron chi connectivity index (χ1n) is 9.00. The lowest BCUT2D eigenvalue weighted by atomic mass is 10.1. The van der Waals surface area contributed by atoms with Crippen LogP contribution in [0.15, 0.2) is 53.5 Å². The summed E-state index contributed by atoms with van der Waals surface area (Å²) in [6, 6.07) is 12.3. The Morgan fingerprint density at radius 1 is 1.17 bits per heavy atom. The molecule has 30 heavy (non-hydrogen) atoms. The van der Waals surface area contributed by atoms with E-state index in [9.17, 15) is 9.59 Å². The zero-order valence-electron chi connectivity index (χ0n) is 15.5. The van der Waals surface area contributed by atoms with Crippen LogP contribution < -0.4 is 10.9 Å². The van der Waals surface area contributed by atoms with E-state index in [-0.39, 0.29) is 24.4 Å². The Bertz CT molecular complexity index is 1290. The van der Waals surface area contributed by atoms with Gasteiger partial charge in [0.25, 0.3) is 5.56 Å². The first-order chi connectivity index (χ1) is 14.5. The highest BCUT2D eigenvalue weighted by Crippen LogP contribution is 2.26. The number of nitrogens with one attached hydrogen (secondary N) is 1. The smallest absolute Gasteiger partial charge is 0.277 e. The molecule has 0 aliphatic carbocycles. The summed E-state index contributed by atoms with van der Waals surface area (Å²) in [5.74, 6) is -0.262. The van der Waals surface area contributed by atoms with Gasteiger partial charge in [-0.1, -0.05) is 46.6 Å². The number of aromatic nitrogens is 4. The lowest BCUT2D eigenvalue weighted by Gasteiger charge is -2.05. The van der Waals surface area contributed by atoms with Gasteiger partial charge in [0.2, 0.25) is 5.91 Å². The highest BCUT2D eigenvalue weighted by molar-refractivity contribution is 7.15. The number of carbonyl (C=O) groups excluding carboxylic acids is 1. The predicted molar refractivity (Wildman–Crippen MR) is 118 cm³/mol. The lowest BCUT2D eigenvalue weighted by molar-refractivity contribution is -0.116. The van der Waals surface area contributed by atoms with Crippen LogP contribution in [-0.2, 0) is 17.8 Å². The highest BCUT2D eigenvalue weighted by Gasteiger charge is 2.11. The molecule has 10 heteroatoms. The molecule has 2 aromatic heterocycles. The normalized spacial score (nSPS) is 11.0. The zero-order valence-corrected chi connectivity index (χ0v) is 17.8. The Morgan fingerprint density at radius 2 is 2.00 bits per heavy atom. The summed E-state index contributed by atoms with van der Waals surface area (Å²) >= 11 is 13.5. The van der Waals surface area contributed by atoms with Crippen molar-refractivity contribution in [2.75, 3.05) is 5.32 Å². The molecule has 0 aliphatic rings. The van der Waals surface area contributed by atoms with Gasteiger partial charge >= 0.3 is 0 Å². The number of aryl methyl sites for hydroxylation is 1. The largest absolute Gasteiger partial charge is 0.302 e. The van der Waals surface area contributed by atoms with Gasteiger partial charge in [0, 0.05) is 34.0 Å². The van der Waals surface area contributed by atoms with Gasteiger partial charge in [-0.25, -0.2) is 9.67 Å². The van der Waals surface area contributed by atoms with E-state index in [1.807, 2.05) is 6.07 Å². The van der Waals surface area contributed by atoms with Gasteiger partial charge in [0.15, 0.2) is 5.13 Å². The van der Waals surface area contributed by atoms with Crippen LogP contribution >= 0.6 is 34.5 Å². The fourth-order valence-corrected chi connectivity index (χ4v) is 4.19. The van der Waals surface area contributed by atoms with E-state index in [0.29, 0.717) is 32.5 Å². The molecule has 0 bridgehead atoms. The lowest BCUT2D eigenvalue weighted by Crippen LogP contribution is -2.26. The number of amides is 1. The number of fused-ring (bicyclic) bond motifs is 1. The Balaban J connectivity index is 1.37. The van der Waals surface area contributed by atoms with E-state index in [1.165, 1.54) is 16.0 Å². The van der Waals surface area contributed by atoms with Gasteiger partial charge in [-0.3, -0.25) is 9.59 Å². The molecule has 0 unspecified atom stereocenters. The van der Waals surface area contributed by atoms with E-state index in [1.54, 1.807) is 42.6 Å². The zero-order chi connectivity index (χ0) is 21.1. The van der Waals surface area contributed by atoms with Gasteiger partial charge in [-0.05, 0) is 29.8 Å². The summed E-state index contributed by atoms with van der Waals surface area (Å²) in [6.07, 6.45) is 2.36. The first-order valence-corrected chi connectivity index (χ1v) is 10.6. The second-order valence-corrected chi connectivity index (χ2v) is 8.44. The molecule has 0 fully saturated rings. The number of hydrogen-bond acceptors (Lipinski definition) is 6. The van der Waals surface area contributed by atoms with E-state index in [2.05, 4.69) is 20.6 Å². The minimum Gasteiger partial charge on any atom is -0.302 e. The third-order valence-electron chi connectivity index (χ3n) is 4.36. The first kappa shape index (κ1) is 20.5. The third kappa shape index (κ3) is 4.67. The van der Waals surface area contributed by atoms with Crippen LogP contribution in [0, 0.1) is 0 Å². The minimum atomic E-state index is -0.273. The monoisotopic (exact) mass is 459 g/mol. The molecule has 0 saturated heterocycles. The molecule has 0 spiro atoms. The molecular weight excluding hydrogens is 445 g/mol. The predicted octanol–water partition coefficient (Wildman–Crippen LogP) is 4.17. The number of carbonyl (C=O) groups is 1. The third-order valence-corrected chi connectivity index (χ3v) is 5.86. The van der Waals surface area contributed by atoms with Crippen molar-refractivity contribution >= 4 is 56.5 Å². The van der Waals surface area contributed by atoms with Crippen molar-refractivity contribution in [2.45, 2.75) is 19.4 Å². The Kier molecular flexibility index (Phi) is 6.08. The molecule has 0 aliphatic heterocycles. The van der Waals surface area contributed by atoms with Crippen molar-refractivity contribution in [3.8, 4) is 0 Å². The average Bonchev–Trinajstić information content (AvgIpc) is 3.16. The summed E-state index contributed by atoms with van der Waals surface area (Å²) in [5.41, 5.74) is 1.18. The number of rotatable bonds is 6. The molecule has 4 rings (SSSR count). The van der Waals surface area contributed by atoms with Crippen LogP contribution in [0.2, 0.25) is 10.0 Å². The summed E-state index contributed by atoms with van der Waals surface area (Å²) in [6.45, 7) is 0.126. The number of hydrogen-bond donors (Lipinski definition) is 1. The Hall–Kier alpha value is -2.81. The number of anilines is 1. The fraction of sp³-hybridized carbons (Fsp3) is 0.150. The topological polar surface area (TPSA) is 89.8 Å². The van der Waals surface area contributed by atoms with Crippen LogP contribution in [0.25, 0.3) is 10.9 Å². The fourth-order valence-electron chi connectivity index (χ4n) is 2.86. The Labute approximate surface area is 185 Å². The number of nitrogens with zero attached hydrogens (tertiary/aromatic N) is 4. The maximum absolute atomic E-state index is 12.4. The summed E-state index contributed by atoms with van der Waals surface area (Å²) in [5, 5.41) is 12.8. The molecule has 4 aromatic rings. The number of thiazole rings is 1. The van der Waals surface area contributed by atoms with Gasteiger partial charge in [0.05, 0.1) is 11.9 Å². The van der Waals surface area contributed by atoms with Crippen molar-refractivity contribution in [1.29, 1.82) is 0 Å². The van der Waals surface area contributed by atoms with Crippen LogP contribution in [-0.4, -0.2) is 25.9 Å². The van der Waals surface area contributed by atoms with Crippen molar-refractivity contribution in [3.63, 3.8) is 0 Å². The molecule has 0 radical (unpaired) electrons. The minimum absolute atomic E-state index is 0.0743. The van der Waals surface area contributed by atoms with E-state index >= 15 is 0 Å². The van der Waals surface area contributed by atoms with Crippen LogP contribution in [0.1, 0.15) is 16.9 Å². The average molecular weight is 460 g/mol. The van der Waals surface area contributed by atoms with Crippen molar-refractivity contribution in [1.82, 2.24) is 20.0 Å². The van der Waals surface area contributed by atoms with Gasteiger partial charge in [-0.15, -0.1) is 16.4 Å². The van der Waals surface area contributed by atoms with E-state index < -0.39 is 0 Å². The van der Waals surface area contributed by atoms with Crippen molar-refractivity contribution < 1.29 is 4.79 Å². The molecule has 2 heterocycles. The second-order valence-electron chi connectivity index (χ2n) is 6.48. The number of halogens is 2. The molecule has 0 atom stereocenters. The molecule has 1 N–H and O–H groups in total. The van der Waals surface area contributed by atoms with Gasteiger partial charge in [0.1, 0.15) is 5.52 Å². The summed E-state index contributed by atoms with van der Waals surface area (Å²) in [4.78, 5) is 29.9. The quantitative estimate of drug-likeness (QED) is 0.467. The molecule has 7 nitrogen and oxygen atoms in total. The standard InChI is InChI=1S/C20H15Cl2N5O2S/c21-13-6-5-12(16(22)10-13)9-14-11-23-20(30-14)24-18(28)7-8-27-19(29)15-3-1-2-4-17(15)25-26-27/h1-6,10-11H,7-9H2,(H,23,24,28). The summed E-state index contributed by atoms with van der Waals surface area (Å²) < 4.78 is 1.19. The van der Waals surface area contributed by atoms with Crippen LogP contribution in [0.3, 0.4) is 0 Å². The molecular formula is C20H15Cl2N5O2S. The number of benzene rings is 2. The van der Waals surface area contributed by atoms with Crippen molar-refractivity contribution in [2.24, 2.45) is 0 Å². The van der Waals surface area contributed by atoms with Gasteiger partial charge in [-0.2, -0.15) is 0 Å². The molecule has 1 amide bonds. The van der Waals surface area contributed by atoms with Gasteiger partial charge < -0.3 is 5.32 Å². The summed E-state index contributed by atoms with van der Waals surface area (Å²) in [7, 11) is 0. The highest BCUT2D eigenvalue weighted by atomic mass is 35.5. The van der Waals surface area contributed by atoms with Crippen LogP contribution in [0.5, 0.6) is 0 Å². The molecule has 152 valence electrons. The second kappa shape index (κ2) is 8.91.